The Balaban J connectivity index is 1.93. The number of nitrogens with one attached hydrogen (secondary N) is 2. The van der Waals surface area contributed by atoms with E-state index in [1.54, 1.807) is 24.3 Å². The van der Waals surface area contributed by atoms with Crippen LogP contribution in [-0.2, 0) is 0 Å². The summed E-state index contributed by atoms with van der Waals surface area (Å²) in [6.45, 7) is 0. The third kappa shape index (κ3) is 3.30. The van der Waals surface area contributed by atoms with Crippen molar-refractivity contribution < 1.29 is 9.18 Å². The molecule has 2 N–H and O–H groups in total. The molecular formula is C12H11ClFN3O. The van der Waals surface area contributed by atoms with Crippen LogP contribution in [-0.4, -0.2) is 23.5 Å². The van der Waals surface area contributed by atoms with E-state index >= 15 is 0 Å². The summed E-state index contributed by atoms with van der Waals surface area (Å²) in [5.74, 6) is 0.234. The standard InChI is InChI=1S/C12H11ClFN3O/c13-11-9(14)6-7-10(16-11)17-12(18)15-8-4-2-1-3-5-8/h1-7,9,11H,(H2,15,16,17,18). The highest BCUT2D eigenvalue weighted by atomic mass is 35.5. The molecule has 1 aromatic carbocycles. The number of hydrogen-bond acceptors (Lipinski definition) is 2. The molecule has 0 spiro atoms. The van der Waals surface area contributed by atoms with E-state index < -0.39 is 17.7 Å². The van der Waals surface area contributed by atoms with Crippen LogP contribution in [0.4, 0.5) is 14.9 Å². The minimum Gasteiger partial charge on any atom is -0.308 e. The van der Waals surface area contributed by atoms with Crippen molar-refractivity contribution in [2.24, 2.45) is 4.99 Å². The molecule has 2 rings (SSSR count). The Hall–Kier alpha value is -1.88. The second-order valence-corrected chi connectivity index (χ2v) is 4.08. The molecule has 2 amide bonds. The van der Waals surface area contributed by atoms with Gasteiger partial charge in [-0.25, -0.2) is 14.2 Å². The zero-order valence-corrected chi connectivity index (χ0v) is 10.1. The molecule has 1 aromatic rings. The molecule has 2 unspecified atom stereocenters. The monoisotopic (exact) mass is 267 g/mol. The molecule has 1 heterocycles. The van der Waals surface area contributed by atoms with Crippen molar-refractivity contribution in [1.29, 1.82) is 0 Å². The minimum atomic E-state index is -1.32. The predicted molar refractivity (Wildman–Crippen MR) is 69.7 cm³/mol. The van der Waals surface area contributed by atoms with Gasteiger partial charge < -0.3 is 5.32 Å². The zero-order valence-electron chi connectivity index (χ0n) is 9.31. The molecule has 2 atom stereocenters. The molecule has 18 heavy (non-hydrogen) atoms. The lowest BCUT2D eigenvalue weighted by Gasteiger charge is -2.15. The first kappa shape index (κ1) is 12.6. The molecule has 0 saturated carbocycles. The van der Waals surface area contributed by atoms with Crippen LogP contribution in [0.2, 0.25) is 0 Å². The number of carbonyl (C=O) groups excluding carboxylic acids is 1. The third-order valence-corrected chi connectivity index (χ3v) is 2.57. The van der Waals surface area contributed by atoms with Crippen molar-refractivity contribution in [3.8, 4) is 0 Å². The van der Waals surface area contributed by atoms with Crippen LogP contribution in [0.5, 0.6) is 0 Å². The predicted octanol–water partition coefficient (Wildman–Crippen LogP) is 2.68. The van der Waals surface area contributed by atoms with E-state index in [-0.39, 0.29) is 5.84 Å². The number of hydrogen-bond donors (Lipinski definition) is 2. The van der Waals surface area contributed by atoms with Gasteiger partial charge in [-0.1, -0.05) is 29.8 Å². The number of carbonyl (C=O) groups is 1. The van der Waals surface area contributed by atoms with Gasteiger partial charge in [0.2, 0.25) is 0 Å². The van der Waals surface area contributed by atoms with Crippen molar-refractivity contribution in [3.05, 3.63) is 42.5 Å². The number of dihydropyridines is 1. The Kier molecular flexibility index (Phi) is 3.94. The Bertz CT molecular complexity index is 489. The Morgan fingerprint density at radius 1 is 1.28 bits per heavy atom. The maximum atomic E-state index is 13.0. The largest absolute Gasteiger partial charge is 0.324 e. The van der Waals surface area contributed by atoms with Gasteiger partial charge in [0.15, 0.2) is 11.7 Å². The number of halogens is 2. The van der Waals surface area contributed by atoms with Gasteiger partial charge in [0.25, 0.3) is 0 Å². The maximum Gasteiger partial charge on any atom is 0.324 e. The van der Waals surface area contributed by atoms with E-state index in [0.29, 0.717) is 5.69 Å². The summed E-state index contributed by atoms with van der Waals surface area (Å²) >= 11 is 5.62. The van der Waals surface area contributed by atoms with Crippen LogP contribution in [0.1, 0.15) is 0 Å². The molecule has 1 aliphatic heterocycles. The summed E-state index contributed by atoms with van der Waals surface area (Å²) in [5, 5.41) is 5.09. The first-order valence-corrected chi connectivity index (χ1v) is 5.76. The van der Waals surface area contributed by atoms with Crippen molar-refractivity contribution in [2.45, 2.75) is 11.7 Å². The quantitative estimate of drug-likeness (QED) is 0.596. The molecule has 0 fully saturated rings. The number of para-hydroxylation sites is 1. The van der Waals surface area contributed by atoms with E-state index in [4.69, 9.17) is 11.6 Å². The topological polar surface area (TPSA) is 53.5 Å². The molecule has 0 aliphatic carbocycles. The number of nitrogens with zero attached hydrogens (tertiary/aromatic N) is 1. The highest BCUT2D eigenvalue weighted by molar-refractivity contribution is 6.22. The fourth-order valence-electron chi connectivity index (χ4n) is 1.40. The Morgan fingerprint density at radius 2 is 2.00 bits per heavy atom. The van der Waals surface area contributed by atoms with Gasteiger partial charge in [-0.15, -0.1) is 0 Å². The molecule has 0 radical (unpaired) electrons. The molecule has 0 aromatic heterocycles. The highest BCUT2D eigenvalue weighted by Gasteiger charge is 2.19. The molecule has 0 saturated heterocycles. The normalized spacial score (nSPS) is 22.2. The number of aliphatic imine (C=N–C) groups is 1. The van der Waals surface area contributed by atoms with Crippen molar-refractivity contribution in [1.82, 2.24) is 5.32 Å². The fourth-order valence-corrected chi connectivity index (χ4v) is 1.59. The Labute approximate surface area is 109 Å². The number of urea groups is 1. The summed E-state index contributed by atoms with van der Waals surface area (Å²) in [5.41, 5.74) is -0.344. The van der Waals surface area contributed by atoms with Crippen molar-refractivity contribution in [2.75, 3.05) is 5.32 Å². The zero-order chi connectivity index (χ0) is 13.0. The number of rotatable bonds is 1. The van der Waals surface area contributed by atoms with Gasteiger partial charge in [-0.3, -0.25) is 5.32 Å². The Morgan fingerprint density at radius 3 is 2.67 bits per heavy atom. The van der Waals surface area contributed by atoms with Gasteiger partial charge in [0.05, 0.1) is 0 Å². The van der Waals surface area contributed by atoms with Crippen LogP contribution < -0.4 is 10.6 Å². The summed E-state index contributed by atoms with van der Waals surface area (Å²) < 4.78 is 13.0. The smallest absolute Gasteiger partial charge is 0.308 e. The lowest BCUT2D eigenvalue weighted by Crippen LogP contribution is -2.36. The lowest BCUT2D eigenvalue weighted by molar-refractivity contribution is 0.256. The molecular weight excluding hydrogens is 257 g/mol. The summed E-state index contributed by atoms with van der Waals surface area (Å²) in [4.78, 5) is 15.4. The maximum absolute atomic E-state index is 13.0. The van der Waals surface area contributed by atoms with Crippen molar-refractivity contribution in [3.63, 3.8) is 0 Å². The average molecular weight is 268 g/mol. The first-order valence-electron chi connectivity index (χ1n) is 5.32. The lowest BCUT2D eigenvalue weighted by atomic mass is 10.3. The number of benzene rings is 1. The summed E-state index contributed by atoms with van der Waals surface area (Å²) in [6, 6.07) is 8.49. The van der Waals surface area contributed by atoms with Crippen LogP contribution in [0.25, 0.3) is 0 Å². The molecule has 1 aliphatic rings. The van der Waals surface area contributed by atoms with Crippen LogP contribution >= 0.6 is 11.6 Å². The number of alkyl halides is 2. The number of amides is 2. The first-order chi connectivity index (χ1) is 8.65. The van der Waals surface area contributed by atoms with E-state index in [2.05, 4.69) is 15.6 Å². The third-order valence-electron chi connectivity index (χ3n) is 2.24. The second-order valence-electron chi connectivity index (χ2n) is 3.64. The van der Waals surface area contributed by atoms with Gasteiger partial charge in [0, 0.05) is 5.69 Å². The highest BCUT2D eigenvalue weighted by Crippen LogP contribution is 2.14. The van der Waals surface area contributed by atoms with Crippen LogP contribution in [0, 0.1) is 0 Å². The minimum absolute atomic E-state index is 0.234. The molecule has 6 heteroatoms. The van der Waals surface area contributed by atoms with Gasteiger partial charge in [-0.2, -0.15) is 0 Å². The van der Waals surface area contributed by atoms with Gasteiger partial charge >= 0.3 is 6.03 Å². The van der Waals surface area contributed by atoms with Gasteiger partial charge in [-0.05, 0) is 24.3 Å². The van der Waals surface area contributed by atoms with Crippen LogP contribution in [0.3, 0.4) is 0 Å². The van der Waals surface area contributed by atoms with E-state index in [9.17, 15) is 9.18 Å². The number of anilines is 1. The molecule has 94 valence electrons. The van der Waals surface area contributed by atoms with Crippen LogP contribution in [0.15, 0.2) is 47.5 Å². The second kappa shape index (κ2) is 5.64. The van der Waals surface area contributed by atoms with E-state index in [0.717, 1.165) is 0 Å². The fraction of sp³-hybridized carbons (Fsp3) is 0.167. The van der Waals surface area contributed by atoms with E-state index in [1.807, 2.05) is 6.07 Å². The molecule has 4 nitrogen and oxygen atoms in total. The summed E-state index contributed by atoms with van der Waals surface area (Å²) in [6.07, 6.45) is 1.31. The van der Waals surface area contributed by atoms with Gasteiger partial charge in [0.1, 0.15) is 5.84 Å². The summed E-state index contributed by atoms with van der Waals surface area (Å²) in [7, 11) is 0. The molecule has 0 bridgehead atoms. The number of amidine groups is 1. The average Bonchev–Trinajstić information content (AvgIpc) is 2.35. The van der Waals surface area contributed by atoms with Crippen molar-refractivity contribution >= 4 is 29.2 Å². The SMILES string of the molecule is O=C(NC1=NC(Cl)C(F)C=C1)Nc1ccccc1. The van der Waals surface area contributed by atoms with E-state index in [1.165, 1.54) is 12.2 Å².